The van der Waals surface area contributed by atoms with Gasteiger partial charge in [0.1, 0.15) is 17.3 Å². The lowest BCUT2D eigenvalue weighted by molar-refractivity contribution is -0.118. The molecule has 5 heteroatoms. The van der Waals surface area contributed by atoms with Crippen molar-refractivity contribution in [1.82, 2.24) is 0 Å². The largest absolute Gasteiger partial charge is 0.497 e. The second-order valence-electron chi connectivity index (χ2n) is 8.75. The SMILES string of the molecule is COc1cc(CC(=O)CCCCCO[Si](C)(C)C(C)(C)C)c(C)c(OC)c1. The number of benzene rings is 1. The summed E-state index contributed by atoms with van der Waals surface area (Å²) in [6.07, 6.45) is 4.01. The number of hydrogen-bond donors (Lipinski definition) is 0. The molecule has 0 radical (unpaired) electrons. The van der Waals surface area contributed by atoms with E-state index < -0.39 is 8.32 Å². The van der Waals surface area contributed by atoms with E-state index in [1.54, 1.807) is 14.2 Å². The minimum atomic E-state index is -1.65. The summed E-state index contributed by atoms with van der Waals surface area (Å²) in [6, 6.07) is 3.79. The zero-order chi connectivity index (χ0) is 20.7. The molecule has 0 aromatic heterocycles. The van der Waals surface area contributed by atoms with E-state index in [0.717, 1.165) is 48.5 Å². The molecular formula is C22H38O4Si. The molecule has 0 aliphatic heterocycles. The molecule has 0 aliphatic carbocycles. The van der Waals surface area contributed by atoms with E-state index in [0.29, 0.717) is 12.8 Å². The zero-order valence-electron chi connectivity index (χ0n) is 18.5. The van der Waals surface area contributed by atoms with Crippen LogP contribution in [-0.4, -0.2) is 34.9 Å². The van der Waals surface area contributed by atoms with Crippen molar-refractivity contribution in [3.05, 3.63) is 23.3 Å². The van der Waals surface area contributed by atoms with Crippen LogP contribution in [0, 0.1) is 6.92 Å². The van der Waals surface area contributed by atoms with Gasteiger partial charge >= 0.3 is 0 Å². The molecule has 0 unspecified atom stereocenters. The second kappa shape index (κ2) is 10.3. The molecule has 154 valence electrons. The van der Waals surface area contributed by atoms with Crippen LogP contribution < -0.4 is 9.47 Å². The van der Waals surface area contributed by atoms with Crippen LogP contribution in [-0.2, 0) is 15.6 Å². The standard InChI is InChI=1S/C22H38O4Si/c1-17-18(15-20(24-5)16-21(17)25-6)14-19(23)12-10-9-11-13-26-27(7,8)22(2,3)4/h15-16H,9-14H2,1-8H3. The van der Waals surface area contributed by atoms with E-state index in [-0.39, 0.29) is 10.8 Å². The van der Waals surface area contributed by atoms with Crippen LogP contribution in [0.1, 0.15) is 57.6 Å². The lowest BCUT2D eigenvalue weighted by atomic mass is 9.99. The van der Waals surface area contributed by atoms with Gasteiger partial charge < -0.3 is 13.9 Å². The van der Waals surface area contributed by atoms with Crippen LogP contribution in [0.25, 0.3) is 0 Å². The van der Waals surface area contributed by atoms with Gasteiger partial charge in [-0.3, -0.25) is 4.79 Å². The topological polar surface area (TPSA) is 44.8 Å². The van der Waals surface area contributed by atoms with Gasteiger partial charge in [-0.1, -0.05) is 27.2 Å². The molecule has 4 nitrogen and oxygen atoms in total. The quantitative estimate of drug-likeness (QED) is 0.356. The first kappa shape index (κ1) is 23.7. The molecule has 1 aromatic rings. The maximum Gasteiger partial charge on any atom is 0.191 e. The van der Waals surface area contributed by atoms with Gasteiger partial charge in [-0.15, -0.1) is 0 Å². The van der Waals surface area contributed by atoms with Crippen LogP contribution in [0.3, 0.4) is 0 Å². The van der Waals surface area contributed by atoms with E-state index in [9.17, 15) is 4.79 Å². The van der Waals surface area contributed by atoms with E-state index >= 15 is 0 Å². The molecule has 1 rings (SSSR count). The molecule has 27 heavy (non-hydrogen) atoms. The number of Topliss-reactive ketones (excluding diaryl/α,β-unsaturated/α-hetero) is 1. The lowest BCUT2D eigenvalue weighted by Crippen LogP contribution is -2.40. The minimum Gasteiger partial charge on any atom is -0.497 e. The molecule has 0 heterocycles. The van der Waals surface area contributed by atoms with Crippen molar-refractivity contribution >= 4 is 14.1 Å². The maximum atomic E-state index is 12.4. The number of hydrogen-bond acceptors (Lipinski definition) is 4. The van der Waals surface area contributed by atoms with E-state index in [2.05, 4.69) is 33.9 Å². The summed E-state index contributed by atoms with van der Waals surface area (Å²) in [5.41, 5.74) is 1.99. The summed E-state index contributed by atoms with van der Waals surface area (Å²) in [6.45, 7) is 14.1. The summed E-state index contributed by atoms with van der Waals surface area (Å²) in [5, 5.41) is 0.249. The third-order valence-corrected chi connectivity index (χ3v) is 10.2. The molecule has 1 aromatic carbocycles. The second-order valence-corrected chi connectivity index (χ2v) is 13.6. The lowest BCUT2D eigenvalue weighted by Gasteiger charge is -2.36. The Morgan fingerprint density at radius 3 is 2.26 bits per heavy atom. The van der Waals surface area contributed by atoms with E-state index in [1.165, 1.54) is 0 Å². The fraction of sp³-hybridized carbons (Fsp3) is 0.682. The number of carbonyl (C=O) groups is 1. The first-order valence-corrected chi connectivity index (χ1v) is 12.8. The van der Waals surface area contributed by atoms with Crippen LogP contribution in [0.15, 0.2) is 12.1 Å². The normalized spacial score (nSPS) is 12.1. The summed E-state index contributed by atoms with van der Waals surface area (Å²) in [4.78, 5) is 12.4. The molecular weight excluding hydrogens is 356 g/mol. The van der Waals surface area contributed by atoms with Crippen molar-refractivity contribution in [2.45, 2.75) is 77.9 Å². The third kappa shape index (κ3) is 7.30. The fourth-order valence-corrected chi connectivity index (χ4v) is 3.76. The van der Waals surface area contributed by atoms with Gasteiger partial charge in [0.05, 0.1) is 14.2 Å². The van der Waals surface area contributed by atoms with Crippen LogP contribution in [0.5, 0.6) is 11.5 Å². The summed E-state index contributed by atoms with van der Waals surface area (Å²) < 4.78 is 16.9. The molecule has 0 amide bonds. The predicted molar refractivity (Wildman–Crippen MR) is 115 cm³/mol. The summed E-state index contributed by atoms with van der Waals surface area (Å²) in [7, 11) is 1.61. The highest BCUT2D eigenvalue weighted by Gasteiger charge is 2.36. The van der Waals surface area contributed by atoms with Gasteiger partial charge in [0.15, 0.2) is 8.32 Å². The molecule has 0 aliphatic rings. The fourth-order valence-electron chi connectivity index (χ4n) is 2.68. The van der Waals surface area contributed by atoms with Crippen molar-refractivity contribution < 1.29 is 18.7 Å². The number of carbonyl (C=O) groups excluding carboxylic acids is 1. The highest BCUT2D eigenvalue weighted by atomic mass is 28.4. The molecule has 0 saturated carbocycles. The maximum absolute atomic E-state index is 12.4. The average molecular weight is 395 g/mol. The zero-order valence-corrected chi connectivity index (χ0v) is 19.5. The number of ether oxygens (including phenoxy) is 2. The Balaban J connectivity index is 2.41. The van der Waals surface area contributed by atoms with Crippen molar-refractivity contribution in [1.29, 1.82) is 0 Å². The van der Waals surface area contributed by atoms with Crippen molar-refractivity contribution in [2.24, 2.45) is 0 Å². The van der Waals surface area contributed by atoms with Gasteiger partial charge in [0.2, 0.25) is 0 Å². The van der Waals surface area contributed by atoms with Crippen LogP contribution in [0.2, 0.25) is 18.1 Å². The minimum absolute atomic E-state index is 0.249. The van der Waals surface area contributed by atoms with Crippen LogP contribution in [0.4, 0.5) is 0 Å². The van der Waals surface area contributed by atoms with Gasteiger partial charge in [0.25, 0.3) is 0 Å². The van der Waals surface area contributed by atoms with Crippen molar-refractivity contribution in [3.63, 3.8) is 0 Å². The number of unbranched alkanes of at least 4 members (excludes halogenated alkanes) is 2. The van der Waals surface area contributed by atoms with Gasteiger partial charge in [-0.25, -0.2) is 0 Å². The monoisotopic (exact) mass is 394 g/mol. The number of ketones is 1. The Morgan fingerprint density at radius 2 is 1.70 bits per heavy atom. The van der Waals surface area contributed by atoms with E-state index in [4.69, 9.17) is 13.9 Å². The predicted octanol–water partition coefficient (Wildman–Crippen LogP) is 5.71. The first-order chi connectivity index (χ1) is 12.5. The van der Waals surface area contributed by atoms with Crippen LogP contribution >= 0.6 is 0 Å². The molecule has 0 saturated heterocycles. The Labute approximate surface area is 166 Å². The van der Waals surface area contributed by atoms with Crippen molar-refractivity contribution in [2.75, 3.05) is 20.8 Å². The van der Waals surface area contributed by atoms with Crippen molar-refractivity contribution in [3.8, 4) is 11.5 Å². The third-order valence-electron chi connectivity index (χ3n) is 5.65. The van der Waals surface area contributed by atoms with E-state index in [1.807, 2.05) is 19.1 Å². The molecule has 0 atom stereocenters. The number of methoxy groups -OCH3 is 2. The highest BCUT2D eigenvalue weighted by Crippen LogP contribution is 2.36. The Bertz CT molecular complexity index is 617. The molecule has 0 N–H and O–H groups in total. The molecule has 0 fully saturated rings. The first-order valence-electron chi connectivity index (χ1n) is 9.89. The molecule has 0 spiro atoms. The van der Waals surface area contributed by atoms with Gasteiger partial charge in [0, 0.05) is 25.5 Å². The average Bonchev–Trinajstić information content (AvgIpc) is 2.58. The summed E-state index contributed by atoms with van der Waals surface area (Å²) >= 11 is 0. The van der Waals surface area contributed by atoms with Gasteiger partial charge in [-0.2, -0.15) is 0 Å². The molecule has 0 bridgehead atoms. The Morgan fingerprint density at radius 1 is 1.04 bits per heavy atom. The highest BCUT2D eigenvalue weighted by molar-refractivity contribution is 6.74. The number of rotatable bonds is 11. The Hall–Kier alpha value is -1.33. The van der Waals surface area contributed by atoms with Gasteiger partial charge in [-0.05, 0) is 55.1 Å². The smallest absolute Gasteiger partial charge is 0.191 e. The summed E-state index contributed by atoms with van der Waals surface area (Å²) in [5.74, 6) is 1.75. The Kier molecular flexibility index (Phi) is 9.02.